The number of amides is 2. The number of fused-ring (bicyclic) bond motifs is 1. The molecule has 1 aromatic heterocycles. The number of hydrogen-bond donors (Lipinski definition) is 2. The third-order valence-electron chi connectivity index (χ3n) is 7.05. The van der Waals surface area contributed by atoms with Crippen LogP contribution in [0.25, 0.3) is 10.9 Å². The minimum atomic E-state index is -0.884. The Morgan fingerprint density at radius 1 is 0.979 bits per heavy atom. The Labute approximate surface area is 305 Å². The Bertz CT molecular complexity index is 1610. The van der Waals surface area contributed by atoms with E-state index in [1.807, 2.05) is 18.2 Å². The van der Waals surface area contributed by atoms with E-state index < -0.39 is 23.7 Å². The number of esters is 1. The standard InChI is InChI=1S/C24H31N2O6.C13H10NO.U/c1-24(2,3)32-23(28)26-18(22(27)31-17-9-5-6-10-17)11-13-30-21-14-16-8-7-12-25-19(16)15-20(21)29-4;15-13(11-7-3-1-4-8-11)14-12-9-5-2-6-10-12;/h7,12,14-15,17-18H,5-6,9-11,13H2,1-4H3,(H,26,28);1,3-10H,(H,14,15);/q2*-1;+2/t18-;;/m0../s1. The Hall–Kier alpha value is -4.07. The number of ether oxygens (including phenoxy) is 4. The summed E-state index contributed by atoms with van der Waals surface area (Å²) in [4.78, 5) is 41.0. The molecule has 0 saturated heterocycles. The van der Waals surface area contributed by atoms with E-state index in [0.29, 0.717) is 17.1 Å². The van der Waals surface area contributed by atoms with Crippen LogP contribution < -0.4 is 20.1 Å². The van der Waals surface area contributed by atoms with Crippen molar-refractivity contribution in [2.45, 2.75) is 70.6 Å². The van der Waals surface area contributed by atoms with Crippen LogP contribution >= 0.6 is 0 Å². The van der Waals surface area contributed by atoms with Crippen LogP contribution in [0, 0.1) is 43.2 Å². The SMILES string of the molecule is COc1cc2ncc[c-]c2cc1OCC[C@H](NC(=O)OC(C)(C)C)C(=O)OC1CCCC1.O=C(Nc1cc[c-]cc1)c1ccccc1.[U+2]. The van der Waals surface area contributed by atoms with Crippen molar-refractivity contribution in [3.05, 3.63) is 96.7 Å². The van der Waals surface area contributed by atoms with Gasteiger partial charge in [-0.1, -0.05) is 36.1 Å². The minimum Gasteiger partial charge on any atom is -0.499 e. The molecule has 0 unspecified atom stereocenters. The van der Waals surface area contributed by atoms with Crippen LogP contribution in [-0.4, -0.2) is 54.4 Å². The first-order valence-electron chi connectivity index (χ1n) is 15.6. The third kappa shape index (κ3) is 12.5. The van der Waals surface area contributed by atoms with E-state index in [0.717, 1.165) is 42.3 Å². The Kier molecular flexibility index (Phi) is 15.2. The first kappa shape index (κ1) is 38.4. The summed E-state index contributed by atoms with van der Waals surface area (Å²) in [6.45, 7) is 5.45. The first-order valence-corrected chi connectivity index (χ1v) is 15.6. The number of nitrogens with zero attached hydrogens (tertiary/aromatic N) is 1. The molecule has 3 aromatic carbocycles. The predicted molar refractivity (Wildman–Crippen MR) is 178 cm³/mol. The molecule has 0 bridgehead atoms. The summed E-state index contributed by atoms with van der Waals surface area (Å²) in [6.07, 6.45) is 4.87. The molecular weight excluding hydrogens is 836 g/mol. The zero-order valence-electron chi connectivity index (χ0n) is 27.7. The van der Waals surface area contributed by atoms with Crippen molar-refractivity contribution in [1.29, 1.82) is 0 Å². The quantitative estimate of drug-likeness (QED) is 0.130. The smallest absolute Gasteiger partial charge is 0.499 e. The van der Waals surface area contributed by atoms with Crippen LogP contribution in [0.4, 0.5) is 10.5 Å². The molecule has 48 heavy (non-hydrogen) atoms. The molecule has 1 saturated carbocycles. The van der Waals surface area contributed by atoms with E-state index in [9.17, 15) is 14.4 Å². The van der Waals surface area contributed by atoms with Gasteiger partial charge in [0.2, 0.25) is 0 Å². The normalized spacial score (nSPS) is 13.2. The third-order valence-corrected chi connectivity index (χ3v) is 7.05. The summed E-state index contributed by atoms with van der Waals surface area (Å²) in [7, 11) is 1.55. The van der Waals surface area contributed by atoms with E-state index >= 15 is 0 Å². The number of nitrogens with one attached hydrogen (secondary N) is 2. The van der Waals surface area contributed by atoms with Crippen LogP contribution in [0.15, 0.2) is 79.0 Å². The summed E-state index contributed by atoms with van der Waals surface area (Å²) < 4.78 is 22.2. The monoisotopic (exact) mass is 877 g/mol. The molecular formula is C37H41N3O7U. The van der Waals surface area contributed by atoms with Gasteiger partial charge < -0.3 is 34.6 Å². The molecule has 11 heteroatoms. The summed E-state index contributed by atoms with van der Waals surface area (Å²) in [5, 5.41) is 6.21. The zero-order valence-corrected chi connectivity index (χ0v) is 31.9. The average Bonchev–Trinajstić information content (AvgIpc) is 3.57. The van der Waals surface area contributed by atoms with Crippen molar-refractivity contribution in [2.75, 3.05) is 19.0 Å². The van der Waals surface area contributed by atoms with Gasteiger partial charge in [0, 0.05) is 12.0 Å². The van der Waals surface area contributed by atoms with Crippen LogP contribution in [0.5, 0.6) is 11.5 Å². The van der Waals surface area contributed by atoms with Crippen molar-refractivity contribution >= 4 is 34.6 Å². The largest absolute Gasteiger partial charge is 2.00 e. The number of aromatic nitrogens is 1. The molecule has 1 aliphatic rings. The summed E-state index contributed by atoms with van der Waals surface area (Å²) in [5.74, 6) is 0.454. The molecule has 1 atom stereocenters. The molecule has 10 nitrogen and oxygen atoms in total. The fraction of sp³-hybridized carbons (Fsp3) is 0.351. The van der Waals surface area contributed by atoms with Crippen LogP contribution in [0.3, 0.4) is 0 Å². The van der Waals surface area contributed by atoms with Crippen molar-refractivity contribution < 1.29 is 64.4 Å². The fourth-order valence-electron chi connectivity index (χ4n) is 4.79. The topological polar surface area (TPSA) is 125 Å². The van der Waals surface area contributed by atoms with Gasteiger partial charge in [0.1, 0.15) is 29.2 Å². The molecule has 4 aromatic rings. The van der Waals surface area contributed by atoms with Gasteiger partial charge in [-0.15, -0.1) is 29.7 Å². The van der Waals surface area contributed by atoms with Gasteiger partial charge in [0.25, 0.3) is 5.91 Å². The summed E-state index contributed by atoms with van der Waals surface area (Å²) in [6, 6.07) is 26.7. The molecule has 250 valence electrons. The summed E-state index contributed by atoms with van der Waals surface area (Å²) >= 11 is 0. The summed E-state index contributed by atoms with van der Waals surface area (Å²) in [5.41, 5.74) is 1.50. The maximum atomic E-state index is 12.8. The number of carbonyl (C=O) groups excluding carboxylic acids is 3. The van der Waals surface area contributed by atoms with Crippen molar-refractivity contribution in [2.24, 2.45) is 0 Å². The van der Waals surface area contributed by atoms with Gasteiger partial charge in [-0.25, -0.2) is 9.59 Å². The molecule has 2 amide bonds. The van der Waals surface area contributed by atoms with Crippen LogP contribution in [0.2, 0.25) is 0 Å². The van der Waals surface area contributed by atoms with Crippen molar-refractivity contribution in [3.8, 4) is 11.5 Å². The predicted octanol–water partition coefficient (Wildman–Crippen LogP) is 6.93. The van der Waals surface area contributed by atoms with Gasteiger partial charge >= 0.3 is 43.2 Å². The number of anilines is 1. The second kappa shape index (κ2) is 19.1. The minimum absolute atomic E-state index is 0. The number of rotatable bonds is 10. The van der Waals surface area contributed by atoms with Gasteiger partial charge in [-0.3, -0.25) is 4.79 Å². The molecule has 1 heterocycles. The van der Waals surface area contributed by atoms with Gasteiger partial charge in [0.15, 0.2) is 0 Å². The number of carbonyl (C=O) groups is 3. The molecule has 5 rings (SSSR count). The molecule has 2 N–H and O–H groups in total. The second-order valence-corrected chi connectivity index (χ2v) is 11.9. The number of alkyl carbamates (subject to hydrolysis) is 1. The molecule has 0 aliphatic heterocycles. The van der Waals surface area contributed by atoms with Gasteiger partial charge in [-0.2, -0.15) is 18.2 Å². The van der Waals surface area contributed by atoms with Gasteiger partial charge in [0.05, 0.1) is 13.7 Å². The number of pyridine rings is 1. The Morgan fingerprint density at radius 3 is 2.35 bits per heavy atom. The maximum Gasteiger partial charge on any atom is 2.00 e. The maximum absolute atomic E-state index is 12.8. The Balaban J connectivity index is 0.000000326. The first-order chi connectivity index (χ1) is 22.6. The van der Waals surface area contributed by atoms with Crippen LogP contribution in [0.1, 0.15) is 63.2 Å². The van der Waals surface area contributed by atoms with Gasteiger partial charge in [-0.05, 0) is 70.2 Å². The Morgan fingerprint density at radius 2 is 1.69 bits per heavy atom. The average molecular weight is 878 g/mol. The number of methoxy groups -OCH3 is 1. The van der Waals surface area contributed by atoms with E-state index in [2.05, 4.69) is 27.8 Å². The zero-order chi connectivity index (χ0) is 33.6. The van der Waals surface area contributed by atoms with Crippen LogP contribution in [-0.2, 0) is 14.3 Å². The van der Waals surface area contributed by atoms with Crippen molar-refractivity contribution in [3.63, 3.8) is 0 Å². The van der Waals surface area contributed by atoms with E-state index in [1.165, 1.54) is 0 Å². The number of hydrogen-bond acceptors (Lipinski definition) is 8. The number of benzene rings is 3. The van der Waals surface area contributed by atoms with E-state index in [-0.39, 0.29) is 56.2 Å². The molecule has 0 radical (unpaired) electrons. The molecule has 1 fully saturated rings. The molecule has 0 spiro atoms. The second-order valence-electron chi connectivity index (χ2n) is 11.9. The molecule has 1 aliphatic carbocycles. The van der Waals surface area contributed by atoms with Crippen molar-refractivity contribution in [1.82, 2.24) is 10.3 Å². The van der Waals surface area contributed by atoms with E-state index in [1.54, 1.807) is 88.7 Å². The fourth-order valence-corrected chi connectivity index (χ4v) is 4.79. The van der Waals surface area contributed by atoms with E-state index in [4.69, 9.17) is 18.9 Å².